The minimum atomic E-state index is -1.02. The highest BCUT2D eigenvalue weighted by molar-refractivity contribution is 6.09. The summed E-state index contributed by atoms with van der Waals surface area (Å²) < 4.78 is 5.23. The Balaban J connectivity index is 1.56. The maximum absolute atomic E-state index is 12.9. The molecule has 1 aliphatic heterocycles. The van der Waals surface area contributed by atoms with Crippen LogP contribution in [0.15, 0.2) is 30.3 Å². The van der Waals surface area contributed by atoms with Gasteiger partial charge in [-0.25, -0.2) is 4.79 Å². The van der Waals surface area contributed by atoms with Crippen LogP contribution in [0, 0.1) is 5.92 Å². The average Bonchev–Trinajstić information content (AvgIpc) is 2.95. The first-order valence-electron chi connectivity index (χ1n) is 10.4. The van der Waals surface area contributed by atoms with Gasteiger partial charge in [0.25, 0.3) is 11.8 Å². The third-order valence-electron chi connectivity index (χ3n) is 6.08. The van der Waals surface area contributed by atoms with Gasteiger partial charge in [0.2, 0.25) is 0 Å². The van der Waals surface area contributed by atoms with Crippen LogP contribution in [0.25, 0.3) is 0 Å². The molecule has 2 fully saturated rings. The molecule has 1 saturated carbocycles. The molecule has 4 amide bonds. The van der Waals surface area contributed by atoms with Crippen molar-refractivity contribution in [2.24, 2.45) is 5.92 Å². The van der Waals surface area contributed by atoms with Crippen LogP contribution in [0.4, 0.5) is 4.79 Å². The van der Waals surface area contributed by atoms with Gasteiger partial charge in [-0.2, -0.15) is 0 Å². The van der Waals surface area contributed by atoms with Gasteiger partial charge in [0.05, 0.1) is 0 Å². The zero-order chi connectivity index (χ0) is 21.9. The molecule has 1 N–H and O–H groups in total. The number of esters is 1. The fourth-order valence-electron chi connectivity index (χ4n) is 4.30. The van der Waals surface area contributed by atoms with Crippen molar-refractivity contribution in [2.75, 3.05) is 13.6 Å². The lowest BCUT2D eigenvalue weighted by molar-refractivity contribution is -0.160. The summed E-state index contributed by atoms with van der Waals surface area (Å²) in [6, 6.07) is 8.89. The van der Waals surface area contributed by atoms with E-state index in [0.29, 0.717) is 13.0 Å². The van der Waals surface area contributed by atoms with Crippen LogP contribution in [-0.2, 0) is 25.7 Å². The van der Waals surface area contributed by atoms with Gasteiger partial charge >= 0.3 is 12.0 Å². The molecule has 8 heteroatoms. The Morgan fingerprint density at radius 3 is 2.63 bits per heavy atom. The molecule has 0 radical (unpaired) electrons. The molecule has 0 unspecified atom stereocenters. The van der Waals surface area contributed by atoms with Crippen LogP contribution in [0.3, 0.4) is 0 Å². The second-order valence-electron chi connectivity index (χ2n) is 8.25. The number of nitrogens with zero attached hydrogens (tertiary/aromatic N) is 2. The number of ether oxygens (including phenoxy) is 1. The molecule has 0 aromatic heterocycles. The lowest BCUT2D eigenvalue weighted by Crippen LogP contribution is -2.54. The average molecular weight is 415 g/mol. The maximum Gasteiger partial charge on any atom is 0.327 e. The summed E-state index contributed by atoms with van der Waals surface area (Å²) in [5.74, 6) is -1.51. The van der Waals surface area contributed by atoms with Crippen molar-refractivity contribution in [1.82, 2.24) is 15.1 Å². The predicted octanol–water partition coefficient (Wildman–Crippen LogP) is 2.08. The first kappa shape index (κ1) is 21.8. The van der Waals surface area contributed by atoms with Crippen molar-refractivity contribution in [1.29, 1.82) is 0 Å². The Kier molecular flexibility index (Phi) is 6.43. The molecule has 1 saturated heterocycles. The number of hydrogen-bond acceptors (Lipinski definition) is 5. The van der Waals surface area contributed by atoms with Crippen LogP contribution in [-0.4, -0.2) is 58.8 Å². The van der Waals surface area contributed by atoms with Gasteiger partial charge in [0, 0.05) is 13.6 Å². The largest absolute Gasteiger partial charge is 0.451 e. The van der Waals surface area contributed by atoms with E-state index in [-0.39, 0.29) is 17.7 Å². The number of urea groups is 1. The van der Waals surface area contributed by atoms with Crippen LogP contribution in [0.2, 0.25) is 0 Å². The first-order chi connectivity index (χ1) is 14.2. The van der Waals surface area contributed by atoms with Crippen molar-refractivity contribution in [3.63, 3.8) is 0 Å². The number of nitrogens with one attached hydrogen (secondary N) is 1. The minimum absolute atomic E-state index is 0.0101. The third-order valence-corrected chi connectivity index (χ3v) is 6.08. The van der Waals surface area contributed by atoms with E-state index in [1.807, 2.05) is 37.3 Å². The maximum atomic E-state index is 12.9. The van der Waals surface area contributed by atoms with E-state index in [1.165, 1.54) is 11.8 Å². The Hall–Kier alpha value is -2.90. The third kappa shape index (κ3) is 4.32. The molecule has 1 aliphatic carbocycles. The highest BCUT2D eigenvalue weighted by Crippen LogP contribution is 2.38. The summed E-state index contributed by atoms with van der Waals surface area (Å²) in [7, 11) is 1.63. The smallest absolute Gasteiger partial charge is 0.327 e. The van der Waals surface area contributed by atoms with Gasteiger partial charge in [-0.05, 0) is 31.2 Å². The number of likely N-dealkylation sites (N-methyl/N-ethyl adjacent to an activating group) is 1. The number of carbonyl (C=O) groups excluding carboxylic acids is 4. The second-order valence-corrected chi connectivity index (χ2v) is 8.25. The monoisotopic (exact) mass is 415 g/mol. The van der Waals surface area contributed by atoms with Gasteiger partial charge < -0.3 is 15.0 Å². The molecule has 1 aromatic carbocycles. The van der Waals surface area contributed by atoms with E-state index in [0.717, 1.165) is 29.7 Å². The molecule has 3 atom stereocenters. The van der Waals surface area contributed by atoms with Crippen molar-refractivity contribution in [3.8, 4) is 0 Å². The summed E-state index contributed by atoms with van der Waals surface area (Å²) in [5.41, 5.74) is 0.0329. The van der Waals surface area contributed by atoms with Crippen LogP contribution in [0.5, 0.6) is 0 Å². The van der Waals surface area contributed by atoms with E-state index < -0.39 is 30.2 Å². The number of amides is 4. The fourth-order valence-corrected chi connectivity index (χ4v) is 4.30. The van der Waals surface area contributed by atoms with Gasteiger partial charge in [-0.1, -0.05) is 50.1 Å². The number of hydrogen-bond donors (Lipinski definition) is 1. The van der Waals surface area contributed by atoms with E-state index in [4.69, 9.17) is 4.74 Å². The van der Waals surface area contributed by atoms with Gasteiger partial charge in [-0.3, -0.25) is 19.3 Å². The van der Waals surface area contributed by atoms with Gasteiger partial charge in [0.15, 0.2) is 6.10 Å². The standard InChI is InChI=1S/C22H29N3O5/c1-15-9-7-8-12-22(15)20(28)25(21(29)23-22)14-18(26)30-16(2)19(27)24(3)13-17-10-5-4-6-11-17/h4-6,10-11,15-16H,7-9,12-14H2,1-3H3,(H,23,29)/t15-,16+,22+/m1/s1. The van der Waals surface area contributed by atoms with E-state index in [1.54, 1.807) is 7.05 Å². The second kappa shape index (κ2) is 8.85. The molecular formula is C22H29N3O5. The highest BCUT2D eigenvalue weighted by Gasteiger charge is 2.55. The van der Waals surface area contributed by atoms with Crippen molar-refractivity contribution in [2.45, 2.75) is 57.7 Å². The fraction of sp³-hybridized carbons (Fsp3) is 0.545. The Bertz CT molecular complexity index is 827. The molecular weight excluding hydrogens is 386 g/mol. The summed E-state index contributed by atoms with van der Waals surface area (Å²) in [6.45, 7) is 3.31. The summed E-state index contributed by atoms with van der Waals surface area (Å²) in [4.78, 5) is 52.6. The van der Waals surface area contributed by atoms with E-state index in [2.05, 4.69) is 5.32 Å². The van der Waals surface area contributed by atoms with Crippen molar-refractivity contribution >= 4 is 23.8 Å². The molecule has 8 nitrogen and oxygen atoms in total. The molecule has 0 bridgehead atoms. The van der Waals surface area contributed by atoms with Crippen LogP contribution < -0.4 is 5.32 Å². The van der Waals surface area contributed by atoms with Gasteiger partial charge in [-0.15, -0.1) is 0 Å². The zero-order valence-electron chi connectivity index (χ0n) is 17.7. The number of imide groups is 1. The molecule has 1 heterocycles. The van der Waals surface area contributed by atoms with E-state index >= 15 is 0 Å². The normalized spacial score (nSPS) is 24.5. The Morgan fingerprint density at radius 2 is 1.97 bits per heavy atom. The Labute approximate surface area is 176 Å². The van der Waals surface area contributed by atoms with Crippen LogP contribution >= 0.6 is 0 Å². The number of benzene rings is 1. The zero-order valence-corrected chi connectivity index (χ0v) is 17.7. The SMILES string of the molecule is C[C@H](OC(=O)CN1C(=O)N[C@]2(CCCC[C@H]2C)C1=O)C(=O)N(C)Cc1ccccc1. The number of carbonyl (C=O) groups is 4. The molecule has 2 aliphatic rings. The highest BCUT2D eigenvalue weighted by atomic mass is 16.5. The summed E-state index contributed by atoms with van der Waals surface area (Å²) in [6.07, 6.45) is 2.28. The van der Waals surface area contributed by atoms with Crippen molar-refractivity contribution < 1.29 is 23.9 Å². The molecule has 162 valence electrons. The topological polar surface area (TPSA) is 96.0 Å². The van der Waals surface area contributed by atoms with Crippen LogP contribution in [0.1, 0.15) is 45.1 Å². The lowest BCUT2D eigenvalue weighted by atomic mass is 9.73. The lowest BCUT2D eigenvalue weighted by Gasteiger charge is -2.36. The van der Waals surface area contributed by atoms with E-state index in [9.17, 15) is 19.2 Å². The molecule has 30 heavy (non-hydrogen) atoms. The van der Waals surface area contributed by atoms with Crippen molar-refractivity contribution in [3.05, 3.63) is 35.9 Å². The predicted molar refractivity (Wildman–Crippen MR) is 109 cm³/mol. The minimum Gasteiger partial charge on any atom is -0.451 e. The summed E-state index contributed by atoms with van der Waals surface area (Å²) >= 11 is 0. The molecule has 3 rings (SSSR count). The quantitative estimate of drug-likeness (QED) is 0.567. The molecule has 1 spiro atoms. The summed E-state index contributed by atoms with van der Waals surface area (Å²) in [5, 5.41) is 2.80. The first-order valence-corrected chi connectivity index (χ1v) is 10.4. The van der Waals surface area contributed by atoms with Gasteiger partial charge in [0.1, 0.15) is 12.1 Å². The molecule has 1 aromatic rings. The number of rotatable bonds is 6. The Morgan fingerprint density at radius 1 is 1.27 bits per heavy atom.